The summed E-state index contributed by atoms with van der Waals surface area (Å²) in [5.74, 6) is -0.161. The number of anilines is 1. The Morgan fingerprint density at radius 3 is 2.61 bits per heavy atom. The third kappa shape index (κ3) is 4.13. The van der Waals surface area contributed by atoms with Crippen molar-refractivity contribution in [2.24, 2.45) is 7.05 Å². The van der Waals surface area contributed by atoms with E-state index in [1.807, 2.05) is 18.9 Å². The normalized spacial score (nSPS) is 27.6. The molecule has 36 heavy (non-hydrogen) atoms. The monoisotopic (exact) mass is 496 g/mol. The third-order valence-electron chi connectivity index (χ3n) is 7.80. The molecule has 0 aliphatic carbocycles. The summed E-state index contributed by atoms with van der Waals surface area (Å²) in [6.45, 7) is 4.11. The Kier molecular flexibility index (Phi) is 5.82. The first-order valence-corrected chi connectivity index (χ1v) is 12.1. The van der Waals surface area contributed by atoms with Gasteiger partial charge in [0.15, 0.2) is 17.6 Å². The van der Waals surface area contributed by atoms with E-state index >= 15 is 4.39 Å². The van der Waals surface area contributed by atoms with Crippen LogP contribution < -0.4 is 15.8 Å². The minimum atomic E-state index is -1.08. The van der Waals surface area contributed by atoms with Crippen LogP contribution in [0, 0.1) is 5.95 Å². The highest BCUT2D eigenvalue weighted by Gasteiger charge is 2.53. The van der Waals surface area contributed by atoms with Crippen molar-refractivity contribution in [3.63, 3.8) is 0 Å². The number of benzene rings is 1. The molecule has 2 fully saturated rings. The average molecular weight is 497 g/mol. The molecular weight excluding hydrogens is 466 g/mol. The number of phenols is 1. The number of piperidine rings is 2. The van der Waals surface area contributed by atoms with Crippen LogP contribution in [-0.2, 0) is 7.05 Å². The fourth-order valence-corrected chi connectivity index (χ4v) is 5.74. The zero-order valence-corrected chi connectivity index (χ0v) is 20.8. The summed E-state index contributed by atoms with van der Waals surface area (Å²) in [6.07, 6.45) is 3.90. The van der Waals surface area contributed by atoms with E-state index in [2.05, 4.69) is 27.4 Å². The molecule has 3 aromatic rings. The van der Waals surface area contributed by atoms with Gasteiger partial charge in [-0.2, -0.15) is 4.39 Å². The van der Waals surface area contributed by atoms with Crippen LogP contribution in [0.2, 0.25) is 0 Å². The molecule has 0 amide bonds. The molecule has 4 atom stereocenters. The number of fused-ring (bicyclic) bond motifs is 2. The van der Waals surface area contributed by atoms with Gasteiger partial charge >= 0.3 is 0 Å². The van der Waals surface area contributed by atoms with E-state index in [0.29, 0.717) is 28.9 Å². The van der Waals surface area contributed by atoms with E-state index in [1.165, 1.54) is 31.4 Å². The molecule has 2 aliphatic heterocycles. The molecule has 0 unspecified atom stereocenters. The predicted molar refractivity (Wildman–Crippen MR) is 133 cm³/mol. The summed E-state index contributed by atoms with van der Waals surface area (Å²) < 4.78 is 30.5. The van der Waals surface area contributed by atoms with Crippen LogP contribution in [0.4, 0.5) is 14.6 Å². The number of hydrogen-bond acceptors (Lipinski definition) is 7. The van der Waals surface area contributed by atoms with Crippen LogP contribution in [-0.4, -0.2) is 55.2 Å². The SMILES string of the molecule is CN(c1cnc(-c2ccc(-c3cc(F)n(C)c(=O)c3)cc2O)nn1)[C@@H]1C[C@@]2(C)CCC[C@](C)(N2)[C@@H]1F. The van der Waals surface area contributed by atoms with Gasteiger partial charge in [-0.3, -0.25) is 9.36 Å². The van der Waals surface area contributed by atoms with Crippen LogP contribution in [0.25, 0.3) is 22.5 Å². The number of nitrogens with one attached hydrogen (secondary N) is 1. The molecule has 1 aromatic carbocycles. The second-order valence-corrected chi connectivity index (χ2v) is 10.6. The molecule has 2 saturated heterocycles. The molecule has 4 heterocycles. The van der Waals surface area contributed by atoms with Crippen LogP contribution in [0.1, 0.15) is 39.5 Å². The van der Waals surface area contributed by atoms with Crippen molar-refractivity contribution in [3.05, 3.63) is 52.8 Å². The van der Waals surface area contributed by atoms with Crippen molar-refractivity contribution < 1.29 is 13.9 Å². The van der Waals surface area contributed by atoms with Gasteiger partial charge in [-0.05, 0) is 68.9 Å². The molecule has 0 spiro atoms. The number of aromatic hydroxyl groups is 1. The first-order valence-electron chi connectivity index (χ1n) is 12.1. The number of alkyl halides is 1. The molecule has 0 radical (unpaired) electrons. The standard InChI is InChI=1S/C26H30F2N6O2/c1-25-8-5-9-26(2,32-25)23(28)18(13-25)33(3)21-14-29-24(31-30-21)17-7-6-15(10-19(17)35)16-11-20(27)34(4)22(36)12-16/h6-7,10-12,14,18,23,32,35H,5,8-9,13H2,1-4H3/t18-,23-,25-,26+/m1/s1. The maximum absolute atomic E-state index is 15.6. The summed E-state index contributed by atoms with van der Waals surface area (Å²) >= 11 is 0. The maximum Gasteiger partial charge on any atom is 0.253 e. The van der Waals surface area contributed by atoms with Crippen LogP contribution >= 0.6 is 0 Å². The zero-order chi connectivity index (χ0) is 25.8. The van der Waals surface area contributed by atoms with Crippen molar-refractivity contribution in [2.45, 2.75) is 62.8 Å². The number of nitrogens with zero attached hydrogens (tertiary/aromatic N) is 5. The van der Waals surface area contributed by atoms with Gasteiger partial charge in [0.1, 0.15) is 11.9 Å². The number of rotatable bonds is 4. The molecule has 5 rings (SSSR count). The largest absolute Gasteiger partial charge is 0.507 e. The topological polar surface area (TPSA) is 96.2 Å². The number of phenolic OH excluding ortho intramolecular Hbond substituents is 1. The van der Waals surface area contributed by atoms with Crippen molar-refractivity contribution >= 4 is 5.82 Å². The number of aromatic nitrogens is 4. The lowest BCUT2D eigenvalue weighted by molar-refractivity contribution is 0.00193. The highest BCUT2D eigenvalue weighted by Crippen LogP contribution is 2.43. The third-order valence-corrected chi connectivity index (χ3v) is 7.80. The highest BCUT2D eigenvalue weighted by atomic mass is 19.1. The lowest BCUT2D eigenvalue weighted by Gasteiger charge is -2.56. The molecule has 8 nitrogen and oxygen atoms in total. The van der Waals surface area contributed by atoms with E-state index in [1.54, 1.807) is 12.1 Å². The van der Waals surface area contributed by atoms with Gasteiger partial charge in [0.05, 0.1) is 17.8 Å². The summed E-state index contributed by atoms with van der Waals surface area (Å²) in [4.78, 5) is 18.1. The van der Waals surface area contributed by atoms with E-state index in [4.69, 9.17) is 0 Å². The molecular formula is C26H30F2N6O2. The Balaban J connectivity index is 1.38. The molecule has 190 valence electrons. The molecule has 2 N–H and O–H groups in total. The minimum absolute atomic E-state index is 0.130. The van der Waals surface area contributed by atoms with Gasteiger partial charge in [0.2, 0.25) is 0 Å². The number of hydrogen-bond donors (Lipinski definition) is 2. The molecule has 2 bridgehead atoms. The van der Waals surface area contributed by atoms with E-state index in [9.17, 15) is 14.3 Å². The molecule has 10 heteroatoms. The van der Waals surface area contributed by atoms with E-state index < -0.39 is 23.2 Å². The molecule has 0 saturated carbocycles. The smallest absolute Gasteiger partial charge is 0.253 e. The quantitative estimate of drug-likeness (QED) is 0.533. The molecule has 2 aromatic heterocycles. The van der Waals surface area contributed by atoms with Crippen LogP contribution in [0.3, 0.4) is 0 Å². The predicted octanol–water partition coefficient (Wildman–Crippen LogP) is 3.59. The fourth-order valence-electron chi connectivity index (χ4n) is 5.74. The highest BCUT2D eigenvalue weighted by molar-refractivity contribution is 5.72. The van der Waals surface area contributed by atoms with Gasteiger partial charge in [-0.1, -0.05) is 6.07 Å². The van der Waals surface area contributed by atoms with Gasteiger partial charge < -0.3 is 15.3 Å². The first-order chi connectivity index (χ1) is 17.0. The zero-order valence-electron chi connectivity index (χ0n) is 20.8. The van der Waals surface area contributed by atoms with Gasteiger partial charge in [-0.25, -0.2) is 9.37 Å². The summed E-state index contributed by atoms with van der Waals surface area (Å²) in [5, 5.41) is 22.6. The first kappa shape index (κ1) is 24.3. The van der Waals surface area contributed by atoms with Gasteiger partial charge in [0, 0.05) is 31.2 Å². The average Bonchev–Trinajstić information content (AvgIpc) is 2.84. The Bertz CT molecular complexity index is 1360. The number of pyridine rings is 1. The molecule has 2 aliphatic rings. The second-order valence-electron chi connectivity index (χ2n) is 10.6. The Morgan fingerprint density at radius 2 is 1.94 bits per heavy atom. The Hall–Kier alpha value is -3.40. The van der Waals surface area contributed by atoms with Crippen molar-refractivity contribution in [1.29, 1.82) is 0 Å². The van der Waals surface area contributed by atoms with Gasteiger partial charge in [-0.15, -0.1) is 10.2 Å². The Labute approximate surface area is 208 Å². The van der Waals surface area contributed by atoms with Crippen LogP contribution in [0.15, 0.2) is 41.3 Å². The number of halogens is 2. The van der Waals surface area contributed by atoms with Crippen molar-refractivity contribution in [1.82, 2.24) is 25.1 Å². The Morgan fingerprint density at radius 1 is 1.17 bits per heavy atom. The van der Waals surface area contributed by atoms with Crippen LogP contribution in [0.5, 0.6) is 5.75 Å². The summed E-state index contributed by atoms with van der Waals surface area (Å²) in [5.41, 5.74) is -0.0340. The lowest BCUT2D eigenvalue weighted by Crippen LogP contribution is -2.72. The second kappa shape index (κ2) is 8.62. The van der Waals surface area contributed by atoms with Gasteiger partial charge in [0.25, 0.3) is 5.56 Å². The lowest BCUT2D eigenvalue weighted by atomic mass is 9.68. The van der Waals surface area contributed by atoms with Crippen molar-refractivity contribution in [2.75, 3.05) is 11.9 Å². The maximum atomic E-state index is 15.6. The fraction of sp³-hybridized carbons (Fsp3) is 0.462. The van der Waals surface area contributed by atoms with Crippen molar-refractivity contribution in [3.8, 4) is 28.3 Å². The summed E-state index contributed by atoms with van der Waals surface area (Å²) in [6, 6.07) is 6.83. The van der Waals surface area contributed by atoms with E-state index in [-0.39, 0.29) is 23.2 Å². The van der Waals surface area contributed by atoms with E-state index in [0.717, 1.165) is 23.8 Å². The summed E-state index contributed by atoms with van der Waals surface area (Å²) in [7, 11) is 3.16. The minimum Gasteiger partial charge on any atom is -0.507 e.